The predicted octanol–water partition coefficient (Wildman–Crippen LogP) is 7.82. The highest BCUT2D eigenvalue weighted by molar-refractivity contribution is 5.76. The number of carbonyl (C=O) groups is 1. The molecule has 19 nitrogen and oxygen atoms in total. The molecule has 0 radical (unpaired) electrons. The Morgan fingerprint density at radius 3 is 1.21 bits per heavy atom. The molecule has 0 saturated carbocycles. The lowest BCUT2D eigenvalue weighted by Gasteiger charge is -2.48. The molecular formula is C70H113NO18. The summed E-state index contributed by atoms with van der Waals surface area (Å²) in [5, 5.41) is 120. The fourth-order valence-electron chi connectivity index (χ4n) is 10.1. The topological polar surface area (TPSA) is 307 Å². The molecule has 3 rings (SSSR count). The van der Waals surface area contributed by atoms with E-state index in [1.54, 1.807) is 6.08 Å². The summed E-state index contributed by atoms with van der Waals surface area (Å²) in [4.78, 5) is 13.3. The van der Waals surface area contributed by atoms with Crippen LogP contribution in [0.3, 0.4) is 0 Å². The molecule has 3 aliphatic heterocycles. The van der Waals surface area contributed by atoms with Crippen LogP contribution in [0.4, 0.5) is 0 Å². The Balaban J connectivity index is 1.42. The van der Waals surface area contributed by atoms with Crippen molar-refractivity contribution in [2.24, 2.45) is 0 Å². The van der Waals surface area contributed by atoms with Crippen LogP contribution in [0.15, 0.2) is 134 Å². The molecule has 3 fully saturated rings. The van der Waals surface area contributed by atoms with Gasteiger partial charge in [-0.25, -0.2) is 0 Å². The van der Waals surface area contributed by atoms with Crippen molar-refractivity contribution in [2.75, 3.05) is 26.4 Å². The van der Waals surface area contributed by atoms with Crippen molar-refractivity contribution in [2.45, 2.75) is 272 Å². The van der Waals surface area contributed by atoms with Gasteiger partial charge in [0.15, 0.2) is 18.9 Å². The van der Waals surface area contributed by atoms with Gasteiger partial charge < -0.3 is 89.9 Å². The number of rotatable bonds is 47. The third-order valence-electron chi connectivity index (χ3n) is 15.5. The first-order valence-corrected chi connectivity index (χ1v) is 32.9. The molecule has 0 aliphatic carbocycles. The van der Waals surface area contributed by atoms with E-state index in [1.807, 2.05) is 6.08 Å². The summed E-state index contributed by atoms with van der Waals surface area (Å²) in [6, 6.07) is -1.01. The SMILES string of the molecule is CC/C=C\C/C=C\C/C=C\C/C=C\C/C=C\C/C=C\C/C=C\C/C=C\C/C=C\C/C=C\CCCCC(=O)NC(COC1OC(CO)C(OC2OC(CO)C(OC3OC(CO)C(O)C(O)C3O)C(O)C2O)C(O)C1O)C(O)/C=C/CCCCCCCCCCC. The van der Waals surface area contributed by atoms with Gasteiger partial charge in [-0.1, -0.05) is 199 Å². The molecule has 506 valence electrons. The smallest absolute Gasteiger partial charge is 0.220 e. The van der Waals surface area contributed by atoms with Gasteiger partial charge in [-0.05, 0) is 96.3 Å². The number of nitrogens with one attached hydrogen (secondary N) is 1. The van der Waals surface area contributed by atoms with Crippen molar-refractivity contribution >= 4 is 5.91 Å². The maximum atomic E-state index is 13.3. The van der Waals surface area contributed by atoms with Gasteiger partial charge in [0.05, 0.1) is 38.6 Å². The van der Waals surface area contributed by atoms with Crippen LogP contribution in [0.2, 0.25) is 0 Å². The zero-order valence-electron chi connectivity index (χ0n) is 53.1. The molecule has 1 amide bonds. The highest BCUT2D eigenvalue weighted by Gasteiger charge is 2.53. The molecule has 3 aliphatic rings. The largest absolute Gasteiger partial charge is 0.394 e. The summed E-state index contributed by atoms with van der Waals surface area (Å²) in [5.74, 6) is -0.326. The van der Waals surface area contributed by atoms with Gasteiger partial charge in [-0.15, -0.1) is 0 Å². The van der Waals surface area contributed by atoms with Crippen molar-refractivity contribution < 1.29 is 89.4 Å². The summed E-state index contributed by atoms with van der Waals surface area (Å²) in [6.07, 6.45) is 43.0. The minimum Gasteiger partial charge on any atom is -0.394 e. The van der Waals surface area contributed by atoms with Crippen molar-refractivity contribution in [1.29, 1.82) is 0 Å². The van der Waals surface area contributed by atoms with E-state index in [0.29, 0.717) is 6.42 Å². The zero-order chi connectivity index (χ0) is 64.7. The number of hydrogen-bond acceptors (Lipinski definition) is 18. The first kappa shape index (κ1) is 79.2. The summed E-state index contributed by atoms with van der Waals surface area (Å²) in [7, 11) is 0. The van der Waals surface area contributed by atoms with Crippen LogP contribution in [0.25, 0.3) is 0 Å². The lowest BCUT2D eigenvalue weighted by atomic mass is 9.96. The summed E-state index contributed by atoms with van der Waals surface area (Å²) in [6.45, 7) is 1.52. The van der Waals surface area contributed by atoms with Gasteiger partial charge in [-0.2, -0.15) is 0 Å². The Bertz CT molecular complexity index is 2130. The first-order valence-electron chi connectivity index (χ1n) is 32.9. The molecule has 17 atom stereocenters. The maximum Gasteiger partial charge on any atom is 0.220 e. The second kappa shape index (κ2) is 50.5. The fourth-order valence-corrected chi connectivity index (χ4v) is 10.1. The fraction of sp³-hybridized carbons (Fsp3) is 0.671. The summed E-state index contributed by atoms with van der Waals surface area (Å²) < 4.78 is 34.2. The second-order valence-electron chi connectivity index (χ2n) is 22.8. The van der Waals surface area contributed by atoms with E-state index in [0.717, 1.165) is 103 Å². The van der Waals surface area contributed by atoms with Gasteiger partial charge in [-0.3, -0.25) is 4.79 Å². The van der Waals surface area contributed by atoms with Gasteiger partial charge >= 0.3 is 0 Å². The summed E-state index contributed by atoms with van der Waals surface area (Å²) in [5.41, 5.74) is 0. The molecule has 17 unspecified atom stereocenters. The quantitative estimate of drug-likeness (QED) is 0.0204. The molecule has 0 aromatic heterocycles. The van der Waals surface area contributed by atoms with Gasteiger partial charge in [0.1, 0.15) is 73.2 Å². The van der Waals surface area contributed by atoms with Crippen molar-refractivity contribution in [3.05, 3.63) is 134 Å². The van der Waals surface area contributed by atoms with Crippen molar-refractivity contribution in [3.8, 4) is 0 Å². The third-order valence-corrected chi connectivity index (χ3v) is 15.5. The Morgan fingerprint density at radius 2 is 0.775 bits per heavy atom. The molecular weight excluding hydrogens is 1140 g/mol. The first-order chi connectivity index (χ1) is 43.3. The molecule has 3 saturated heterocycles. The molecule has 12 N–H and O–H groups in total. The third kappa shape index (κ3) is 32.9. The molecule has 0 bridgehead atoms. The van der Waals surface area contributed by atoms with E-state index < -0.39 is 124 Å². The Labute approximate surface area is 530 Å². The van der Waals surface area contributed by atoms with E-state index in [4.69, 9.17) is 28.4 Å². The molecule has 0 aromatic rings. The normalized spacial score (nSPS) is 29.1. The van der Waals surface area contributed by atoms with E-state index in [1.165, 1.54) is 38.5 Å². The molecule has 0 aromatic carbocycles. The van der Waals surface area contributed by atoms with Crippen LogP contribution in [-0.4, -0.2) is 193 Å². The highest BCUT2D eigenvalue weighted by atomic mass is 16.8. The van der Waals surface area contributed by atoms with Gasteiger partial charge in [0, 0.05) is 6.42 Å². The molecule has 0 spiro atoms. The maximum absolute atomic E-state index is 13.3. The van der Waals surface area contributed by atoms with Crippen LogP contribution in [0, 0.1) is 0 Å². The minimum absolute atomic E-state index is 0.178. The molecule has 3 heterocycles. The number of hydrogen-bond donors (Lipinski definition) is 12. The monoisotopic (exact) mass is 1260 g/mol. The van der Waals surface area contributed by atoms with Crippen molar-refractivity contribution in [3.63, 3.8) is 0 Å². The standard InChI is InChI=1S/C70H113NO18/c1-3-5-7-9-11-13-15-16-17-18-19-20-21-22-23-24-25-26-27-28-29-30-31-32-33-34-35-36-38-40-42-44-46-48-58(76)71-53(54(75)47-45-43-41-39-37-14-12-10-8-6-4-2)52-84-68-64(82)61(79)66(56(50-73)86-68)89-70-65(83)62(80)67(57(51-74)87-70)88-69-63(81)60(78)59(77)55(49-72)85-69/h5,7,11,13,16-17,19-20,22-23,25-26,28-29,31-32,34-35,38,40,45,47,53-57,59-70,72-75,77-83H,3-4,6,8-10,12,14-15,18,21,24,27,30,33,36-37,39,41-44,46,48-52H2,1-2H3,(H,71,76)/b7-5-,13-11-,17-16-,20-19-,23-22-,26-25-,29-28-,32-31-,35-34-,40-38-,47-45+. The number of ether oxygens (including phenoxy) is 6. The lowest BCUT2D eigenvalue weighted by Crippen LogP contribution is -2.66. The number of aliphatic hydroxyl groups is 11. The van der Waals surface area contributed by atoms with Crippen LogP contribution < -0.4 is 5.32 Å². The van der Waals surface area contributed by atoms with Crippen LogP contribution >= 0.6 is 0 Å². The summed E-state index contributed by atoms with van der Waals surface area (Å²) >= 11 is 0. The average Bonchev–Trinajstić information content (AvgIpc) is 1.33. The van der Waals surface area contributed by atoms with E-state index in [2.05, 4.69) is 141 Å². The van der Waals surface area contributed by atoms with E-state index >= 15 is 0 Å². The lowest BCUT2D eigenvalue weighted by molar-refractivity contribution is -0.379. The minimum atomic E-state index is -1.99. The molecule has 19 heteroatoms. The van der Waals surface area contributed by atoms with Crippen LogP contribution in [0.1, 0.15) is 168 Å². The Kier molecular flexibility index (Phi) is 44.9. The van der Waals surface area contributed by atoms with Gasteiger partial charge in [0.2, 0.25) is 5.91 Å². The Hall–Kier alpha value is -4.07. The zero-order valence-corrected chi connectivity index (χ0v) is 53.1. The number of carbonyl (C=O) groups excluding carboxylic acids is 1. The average molecular weight is 1260 g/mol. The number of aliphatic hydroxyl groups excluding tert-OH is 11. The van der Waals surface area contributed by atoms with E-state index in [9.17, 15) is 61.0 Å². The highest BCUT2D eigenvalue weighted by Crippen LogP contribution is 2.33. The number of amides is 1. The van der Waals surface area contributed by atoms with E-state index in [-0.39, 0.29) is 18.9 Å². The second-order valence-corrected chi connectivity index (χ2v) is 22.8. The Morgan fingerprint density at radius 1 is 0.416 bits per heavy atom. The van der Waals surface area contributed by atoms with Crippen molar-refractivity contribution in [1.82, 2.24) is 5.32 Å². The van der Waals surface area contributed by atoms with Gasteiger partial charge in [0.25, 0.3) is 0 Å². The molecule has 89 heavy (non-hydrogen) atoms. The van der Waals surface area contributed by atoms with Crippen LogP contribution in [0.5, 0.6) is 0 Å². The predicted molar refractivity (Wildman–Crippen MR) is 346 cm³/mol. The number of allylic oxidation sites excluding steroid dienone is 21. The number of unbranched alkanes of at least 4 members (excludes halogenated alkanes) is 11. The van der Waals surface area contributed by atoms with Crippen LogP contribution in [-0.2, 0) is 33.2 Å².